The number of amides is 1. The zero-order chi connectivity index (χ0) is 14.4. The van der Waals surface area contributed by atoms with Crippen LogP contribution in [0.3, 0.4) is 0 Å². The number of esters is 1. The second kappa shape index (κ2) is 6.67. The smallest absolute Gasteiger partial charge is 0.417 e. The van der Waals surface area contributed by atoms with E-state index in [9.17, 15) is 9.59 Å². The molecule has 1 amide bonds. The molecule has 0 atom stereocenters. The van der Waals surface area contributed by atoms with Crippen LogP contribution in [-0.2, 0) is 4.74 Å². The second-order valence-electron chi connectivity index (χ2n) is 3.58. The van der Waals surface area contributed by atoms with Gasteiger partial charge in [-0.05, 0) is 19.1 Å². The quantitative estimate of drug-likeness (QED) is 0.877. The Morgan fingerprint density at radius 1 is 1.30 bits per heavy atom. The van der Waals surface area contributed by atoms with Crippen molar-refractivity contribution in [1.29, 1.82) is 0 Å². The molecular weight excluding hydrogens is 280 g/mol. The summed E-state index contributed by atoms with van der Waals surface area (Å²) in [4.78, 5) is 27.2. The Kier molecular flexibility index (Phi) is 4.67. The van der Waals surface area contributed by atoms with Crippen LogP contribution in [0.15, 0.2) is 35.8 Å². The molecule has 1 N–H and O–H groups in total. The van der Waals surface area contributed by atoms with Crippen LogP contribution in [0.4, 0.5) is 9.80 Å². The van der Waals surface area contributed by atoms with E-state index in [1.807, 2.05) is 6.07 Å². The third-order valence-corrected chi connectivity index (χ3v) is 2.95. The summed E-state index contributed by atoms with van der Waals surface area (Å²) in [7, 11) is 0. The highest BCUT2D eigenvalue weighted by Gasteiger charge is 2.18. The topological polar surface area (TPSA) is 77.5 Å². The normalized spacial score (nSPS) is 9.85. The number of hydrogen-bond donors (Lipinski definition) is 1. The summed E-state index contributed by atoms with van der Waals surface area (Å²) in [5.74, 6) is -0.170. The molecule has 2 rings (SSSR count). The van der Waals surface area contributed by atoms with Crippen molar-refractivity contribution in [2.75, 3.05) is 11.9 Å². The van der Waals surface area contributed by atoms with Crippen LogP contribution in [-0.4, -0.2) is 23.7 Å². The third-order valence-electron chi connectivity index (χ3n) is 2.21. The number of nitrogens with one attached hydrogen (secondary N) is 1. The van der Waals surface area contributed by atoms with Crippen LogP contribution in [0, 0.1) is 0 Å². The van der Waals surface area contributed by atoms with E-state index in [0.717, 1.165) is 11.3 Å². The van der Waals surface area contributed by atoms with Gasteiger partial charge >= 0.3 is 12.1 Å². The molecule has 104 valence electrons. The van der Waals surface area contributed by atoms with Gasteiger partial charge in [0.1, 0.15) is 10.8 Å². The highest BCUT2D eigenvalue weighted by Crippen LogP contribution is 2.21. The van der Waals surface area contributed by atoms with E-state index in [1.54, 1.807) is 31.2 Å². The minimum absolute atomic E-state index is 0.0712. The van der Waals surface area contributed by atoms with Crippen molar-refractivity contribution in [3.05, 3.63) is 41.5 Å². The molecule has 0 spiro atoms. The summed E-state index contributed by atoms with van der Waals surface area (Å²) in [6.45, 7) is 1.94. The first-order chi connectivity index (χ1) is 9.70. The maximum Gasteiger partial charge on any atom is 0.417 e. The summed E-state index contributed by atoms with van der Waals surface area (Å²) in [6.07, 6.45) is -0.689. The highest BCUT2D eigenvalue weighted by atomic mass is 32.1. The molecule has 1 heterocycles. The van der Waals surface area contributed by atoms with Crippen molar-refractivity contribution in [3.63, 3.8) is 0 Å². The van der Waals surface area contributed by atoms with E-state index in [4.69, 9.17) is 9.47 Å². The van der Waals surface area contributed by atoms with Crippen LogP contribution >= 0.6 is 11.3 Å². The molecule has 0 saturated heterocycles. The van der Waals surface area contributed by atoms with Crippen LogP contribution in [0.2, 0.25) is 0 Å². The number of rotatable bonds is 4. The van der Waals surface area contributed by atoms with Gasteiger partial charge in [0, 0.05) is 0 Å². The monoisotopic (exact) mass is 292 g/mol. The van der Waals surface area contributed by atoms with Crippen LogP contribution < -0.4 is 10.1 Å². The first-order valence-electron chi connectivity index (χ1n) is 5.85. The molecule has 0 fully saturated rings. The van der Waals surface area contributed by atoms with Crippen molar-refractivity contribution < 1.29 is 19.1 Å². The first-order valence-corrected chi connectivity index (χ1v) is 6.73. The fourth-order valence-electron chi connectivity index (χ4n) is 1.39. The Bertz CT molecular complexity index is 597. The van der Waals surface area contributed by atoms with Gasteiger partial charge in [0.25, 0.3) is 0 Å². The average molecular weight is 292 g/mol. The fraction of sp³-hybridized carbons (Fsp3) is 0.154. The minimum Gasteiger partial charge on any atom is -0.461 e. The number of carbonyl (C=O) groups is 2. The highest BCUT2D eigenvalue weighted by molar-refractivity contribution is 7.14. The molecule has 0 saturated carbocycles. The maximum atomic E-state index is 11.7. The number of anilines is 1. The minimum atomic E-state index is -0.689. The predicted octanol–water partition coefficient (Wildman–Crippen LogP) is 2.93. The molecule has 6 nitrogen and oxygen atoms in total. The zero-order valence-electron chi connectivity index (χ0n) is 10.7. The van der Waals surface area contributed by atoms with E-state index in [2.05, 4.69) is 10.3 Å². The zero-order valence-corrected chi connectivity index (χ0v) is 11.5. The summed E-state index contributed by atoms with van der Waals surface area (Å²) < 4.78 is 9.90. The molecule has 2 aromatic rings. The number of thiazole rings is 1. The molecule has 0 unspecified atom stereocenters. The van der Waals surface area contributed by atoms with Crippen LogP contribution in [0.25, 0.3) is 0 Å². The Hall–Kier alpha value is -2.41. The first kappa shape index (κ1) is 14.0. The summed E-state index contributed by atoms with van der Waals surface area (Å²) >= 11 is 1.12. The lowest BCUT2D eigenvalue weighted by Crippen LogP contribution is -2.18. The lowest BCUT2D eigenvalue weighted by Gasteiger charge is -2.06. The number of para-hydroxylation sites is 1. The lowest BCUT2D eigenvalue weighted by molar-refractivity contribution is 0.0521. The molecule has 0 radical (unpaired) electrons. The summed E-state index contributed by atoms with van der Waals surface area (Å²) in [5, 5.41) is 2.77. The number of hydrogen-bond acceptors (Lipinski definition) is 6. The van der Waals surface area contributed by atoms with Gasteiger partial charge in [-0.3, -0.25) is 5.32 Å². The number of carbonyl (C=O) groups excluding carboxylic acids is 2. The van der Waals surface area contributed by atoms with Gasteiger partial charge in [-0.2, -0.15) is 0 Å². The molecule has 0 aliphatic carbocycles. The molecule has 0 aliphatic rings. The van der Waals surface area contributed by atoms with E-state index in [-0.39, 0.29) is 12.3 Å². The molecule has 7 heteroatoms. The Labute approximate surface area is 119 Å². The number of benzene rings is 1. The van der Waals surface area contributed by atoms with E-state index < -0.39 is 12.1 Å². The molecule has 0 aliphatic heterocycles. The van der Waals surface area contributed by atoms with Crippen molar-refractivity contribution in [3.8, 4) is 5.75 Å². The predicted molar refractivity (Wildman–Crippen MR) is 74.2 cm³/mol. The molecule has 1 aromatic carbocycles. The summed E-state index contributed by atoms with van der Waals surface area (Å²) in [6, 6.07) is 8.61. The summed E-state index contributed by atoms with van der Waals surface area (Å²) in [5.41, 5.74) is 1.52. The lowest BCUT2D eigenvalue weighted by atomic mass is 10.3. The van der Waals surface area contributed by atoms with E-state index >= 15 is 0 Å². The molecule has 20 heavy (non-hydrogen) atoms. The van der Waals surface area contributed by atoms with Gasteiger partial charge in [0.05, 0.1) is 12.1 Å². The number of nitrogens with zero attached hydrogens (tertiary/aromatic N) is 1. The maximum absolute atomic E-state index is 11.7. The molecule has 1 aromatic heterocycles. The van der Waals surface area contributed by atoms with Gasteiger partial charge in [-0.15, -0.1) is 11.3 Å². The van der Waals surface area contributed by atoms with Gasteiger partial charge in [0.2, 0.25) is 0 Å². The second-order valence-corrected chi connectivity index (χ2v) is 4.43. The largest absolute Gasteiger partial charge is 0.461 e. The SMILES string of the molecule is CCOC(=O)c1ncsc1NC(=O)Oc1ccccc1. The van der Waals surface area contributed by atoms with Gasteiger partial charge in [0.15, 0.2) is 5.69 Å². The van der Waals surface area contributed by atoms with Crippen molar-refractivity contribution in [1.82, 2.24) is 4.98 Å². The third kappa shape index (κ3) is 3.55. The van der Waals surface area contributed by atoms with Gasteiger partial charge < -0.3 is 9.47 Å². The Morgan fingerprint density at radius 3 is 2.75 bits per heavy atom. The van der Waals surface area contributed by atoms with Crippen molar-refractivity contribution in [2.45, 2.75) is 6.92 Å². The Balaban J connectivity index is 2.02. The fourth-order valence-corrected chi connectivity index (χ4v) is 2.05. The number of aromatic nitrogens is 1. The standard InChI is InChI=1S/C13H12N2O4S/c1-2-18-12(16)10-11(20-8-14-10)15-13(17)19-9-6-4-3-5-7-9/h3-8H,2H2,1H3,(H,15,17). The van der Waals surface area contributed by atoms with Crippen LogP contribution in [0.1, 0.15) is 17.4 Å². The number of ether oxygens (including phenoxy) is 2. The molecular formula is C13H12N2O4S. The van der Waals surface area contributed by atoms with Crippen molar-refractivity contribution >= 4 is 28.4 Å². The van der Waals surface area contributed by atoms with Gasteiger partial charge in [-0.1, -0.05) is 18.2 Å². The average Bonchev–Trinajstić information content (AvgIpc) is 2.88. The van der Waals surface area contributed by atoms with Gasteiger partial charge in [-0.25, -0.2) is 14.6 Å². The molecule has 0 bridgehead atoms. The van der Waals surface area contributed by atoms with E-state index in [0.29, 0.717) is 10.8 Å². The Morgan fingerprint density at radius 2 is 2.05 bits per heavy atom. The van der Waals surface area contributed by atoms with E-state index in [1.165, 1.54) is 5.51 Å². The van der Waals surface area contributed by atoms with Crippen LogP contribution in [0.5, 0.6) is 5.75 Å². The van der Waals surface area contributed by atoms with Crippen molar-refractivity contribution in [2.24, 2.45) is 0 Å².